The van der Waals surface area contributed by atoms with Gasteiger partial charge in [-0.15, -0.1) is 0 Å². The fourth-order valence-electron chi connectivity index (χ4n) is 6.74. The molecule has 4 aliphatic carbocycles. The first-order valence-electron chi connectivity index (χ1n) is 8.81. The largest absolute Gasteiger partial charge is 0.289 e. The number of para-hydroxylation sites is 1. The molecule has 0 heterocycles. The quantitative estimate of drug-likeness (QED) is 0.653. The van der Waals surface area contributed by atoms with Gasteiger partial charge in [0.1, 0.15) is 0 Å². The van der Waals surface area contributed by atoms with Gasteiger partial charge in [-0.25, -0.2) is 13.1 Å². The molecule has 1 aromatic carbocycles. The summed E-state index contributed by atoms with van der Waals surface area (Å²) in [5.41, 5.74) is -0.499. The Morgan fingerprint density at radius 1 is 1.08 bits per heavy atom. The normalized spacial score (nSPS) is 39.5. The van der Waals surface area contributed by atoms with Gasteiger partial charge >= 0.3 is 0 Å². The first-order valence-corrected chi connectivity index (χ1v) is 10.3. The zero-order valence-corrected chi connectivity index (χ0v) is 15.4. The van der Waals surface area contributed by atoms with E-state index in [1.165, 1.54) is 24.3 Å². The number of nitro benzene ring substituents is 1. The molecule has 5 rings (SSSR count). The predicted octanol–water partition coefficient (Wildman–Crippen LogP) is 3.62. The van der Waals surface area contributed by atoms with Crippen LogP contribution in [0.25, 0.3) is 0 Å². The molecular formula is C18H24N2O4S. The van der Waals surface area contributed by atoms with Gasteiger partial charge in [-0.05, 0) is 61.3 Å². The van der Waals surface area contributed by atoms with Crippen molar-refractivity contribution in [3.05, 3.63) is 34.4 Å². The van der Waals surface area contributed by atoms with E-state index in [9.17, 15) is 18.5 Å². The third kappa shape index (κ3) is 2.77. The average molecular weight is 364 g/mol. The number of hydrogen-bond acceptors (Lipinski definition) is 4. The maximum atomic E-state index is 13.0. The van der Waals surface area contributed by atoms with Crippen LogP contribution >= 0.6 is 0 Å². The van der Waals surface area contributed by atoms with Crippen LogP contribution in [0.5, 0.6) is 0 Å². The molecule has 1 N–H and O–H groups in total. The summed E-state index contributed by atoms with van der Waals surface area (Å²) in [6.07, 6.45) is 5.97. The van der Waals surface area contributed by atoms with Crippen molar-refractivity contribution < 1.29 is 13.3 Å². The number of benzene rings is 1. The van der Waals surface area contributed by atoms with Gasteiger partial charge in [0.15, 0.2) is 4.90 Å². The highest BCUT2D eigenvalue weighted by Crippen LogP contribution is 2.66. The van der Waals surface area contributed by atoms with Gasteiger partial charge in [0.2, 0.25) is 10.0 Å². The molecule has 4 bridgehead atoms. The SMILES string of the molecule is CC12CC3CC(C)(C1)CC(NS(=O)(=O)c1ccccc1[N+](=O)[O-])(C3)C2. The van der Waals surface area contributed by atoms with Gasteiger partial charge in [0.05, 0.1) is 4.92 Å². The van der Waals surface area contributed by atoms with Gasteiger partial charge in [0, 0.05) is 11.6 Å². The van der Waals surface area contributed by atoms with Crippen LogP contribution in [0.15, 0.2) is 29.2 Å². The zero-order valence-electron chi connectivity index (χ0n) is 14.6. The summed E-state index contributed by atoms with van der Waals surface area (Å²) in [6, 6.07) is 5.59. The lowest BCUT2D eigenvalue weighted by atomic mass is 9.43. The Morgan fingerprint density at radius 3 is 2.24 bits per heavy atom. The molecule has 136 valence electrons. The van der Waals surface area contributed by atoms with Crippen LogP contribution in [0.2, 0.25) is 0 Å². The Hall–Kier alpha value is -1.47. The first kappa shape index (κ1) is 17.0. The van der Waals surface area contributed by atoms with E-state index in [2.05, 4.69) is 18.6 Å². The smallest absolute Gasteiger partial charge is 0.258 e. The van der Waals surface area contributed by atoms with E-state index >= 15 is 0 Å². The van der Waals surface area contributed by atoms with Crippen molar-refractivity contribution in [3.8, 4) is 0 Å². The van der Waals surface area contributed by atoms with Gasteiger partial charge < -0.3 is 0 Å². The summed E-state index contributed by atoms with van der Waals surface area (Å²) in [5, 5.41) is 11.2. The van der Waals surface area contributed by atoms with Crippen molar-refractivity contribution in [1.29, 1.82) is 0 Å². The number of nitro groups is 1. The van der Waals surface area contributed by atoms with Gasteiger partial charge in [-0.3, -0.25) is 10.1 Å². The molecular weight excluding hydrogens is 340 g/mol. The molecule has 4 fully saturated rings. The van der Waals surface area contributed by atoms with Gasteiger partial charge in [0.25, 0.3) is 5.69 Å². The lowest BCUT2D eigenvalue weighted by molar-refractivity contribution is -0.387. The highest BCUT2D eigenvalue weighted by Gasteiger charge is 2.61. The van der Waals surface area contributed by atoms with E-state index in [-0.39, 0.29) is 21.4 Å². The molecule has 4 aliphatic rings. The number of nitrogens with one attached hydrogen (secondary N) is 1. The number of hydrogen-bond donors (Lipinski definition) is 1. The van der Waals surface area contributed by atoms with E-state index in [0.717, 1.165) is 38.5 Å². The van der Waals surface area contributed by atoms with Crippen molar-refractivity contribution in [2.45, 2.75) is 62.8 Å². The van der Waals surface area contributed by atoms with Crippen LogP contribution in [0, 0.1) is 26.9 Å². The average Bonchev–Trinajstić information content (AvgIpc) is 2.42. The molecule has 6 nitrogen and oxygen atoms in total. The van der Waals surface area contributed by atoms with Crippen molar-refractivity contribution in [2.75, 3.05) is 0 Å². The predicted molar refractivity (Wildman–Crippen MR) is 93.6 cm³/mol. The van der Waals surface area contributed by atoms with Crippen LogP contribution in [0.4, 0.5) is 5.69 Å². The first-order chi connectivity index (χ1) is 11.5. The van der Waals surface area contributed by atoms with E-state index in [0.29, 0.717) is 5.92 Å². The van der Waals surface area contributed by atoms with Crippen molar-refractivity contribution in [1.82, 2.24) is 4.72 Å². The van der Waals surface area contributed by atoms with E-state index in [1.54, 1.807) is 0 Å². The minimum absolute atomic E-state index is 0.166. The van der Waals surface area contributed by atoms with Crippen LogP contribution < -0.4 is 4.72 Å². The molecule has 2 atom stereocenters. The Bertz CT molecular complexity index is 832. The molecule has 0 spiro atoms. The fraction of sp³-hybridized carbons (Fsp3) is 0.667. The standard InChI is InChI=1S/C18H24N2O4S/c1-16-7-13-8-17(2,10-16)12-18(9-13,11-16)19-25(23,24)15-6-4-3-5-14(15)20(21)22/h3-6,13,19H,7-12H2,1-2H3. The third-order valence-corrected chi connectivity index (χ3v) is 7.95. The molecule has 0 radical (unpaired) electrons. The molecule has 0 saturated heterocycles. The van der Waals surface area contributed by atoms with E-state index < -0.39 is 20.5 Å². The fourth-order valence-corrected chi connectivity index (χ4v) is 8.32. The summed E-state index contributed by atoms with van der Waals surface area (Å²) in [4.78, 5) is 10.4. The minimum atomic E-state index is -3.94. The summed E-state index contributed by atoms with van der Waals surface area (Å²) >= 11 is 0. The number of rotatable bonds is 4. The van der Waals surface area contributed by atoms with Crippen molar-refractivity contribution in [3.63, 3.8) is 0 Å². The lowest BCUT2D eigenvalue weighted by Crippen LogP contribution is -2.65. The second-order valence-corrected chi connectivity index (χ2v) is 10.9. The van der Waals surface area contributed by atoms with Crippen molar-refractivity contribution >= 4 is 15.7 Å². The molecule has 0 aromatic heterocycles. The summed E-state index contributed by atoms with van der Waals surface area (Å²) < 4.78 is 29.0. The van der Waals surface area contributed by atoms with Crippen LogP contribution in [-0.2, 0) is 10.0 Å². The summed E-state index contributed by atoms with van der Waals surface area (Å²) in [6.45, 7) is 4.54. The Kier molecular flexibility index (Phi) is 3.42. The molecule has 0 aliphatic heterocycles. The maximum absolute atomic E-state index is 13.0. The highest BCUT2D eigenvalue weighted by atomic mass is 32.2. The van der Waals surface area contributed by atoms with Gasteiger partial charge in [-0.1, -0.05) is 26.0 Å². The molecule has 7 heteroatoms. The summed E-state index contributed by atoms with van der Waals surface area (Å²) in [5.74, 6) is 0.541. The second-order valence-electron chi connectivity index (χ2n) is 9.24. The number of nitrogens with zero attached hydrogens (tertiary/aromatic N) is 1. The maximum Gasteiger partial charge on any atom is 0.289 e. The second kappa shape index (κ2) is 5.04. The molecule has 2 unspecified atom stereocenters. The highest BCUT2D eigenvalue weighted by molar-refractivity contribution is 7.89. The molecule has 25 heavy (non-hydrogen) atoms. The van der Waals surface area contributed by atoms with E-state index in [4.69, 9.17) is 0 Å². The van der Waals surface area contributed by atoms with Crippen LogP contribution in [0.3, 0.4) is 0 Å². The van der Waals surface area contributed by atoms with Crippen LogP contribution in [-0.4, -0.2) is 18.9 Å². The minimum Gasteiger partial charge on any atom is -0.258 e. The van der Waals surface area contributed by atoms with Gasteiger partial charge in [-0.2, -0.15) is 0 Å². The molecule has 0 amide bonds. The zero-order chi connectivity index (χ0) is 18.1. The summed E-state index contributed by atoms with van der Waals surface area (Å²) in [7, 11) is -3.94. The topological polar surface area (TPSA) is 89.3 Å². The van der Waals surface area contributed by atoms with Crippen LogP contribution in [0.1, 0.15) is 52.4 Å². The molecule has 1 aromatic rings. The monoisotopic (exact) mass is 364 g/mol. The third-order valence-electron chi connectivity index (χ3n) is 6.33. The van der Waals surface area contributed by atoms with Crippen molar-refractivity contribution in [2.24, 2.45) is 16.7 Å². The Labute approximate surface area is 148 Å². The lowest BCUT2D eigenvalue weighted by Gasteiger charge is -2.65. The Balaban J connectivity index is 1.72. The Morgan fingerprint density at radius 2 is 1.68 bits per heavy atom. The van der Waals surface area contributed by atoms with E-state index in [1.807, 2.05) is 0 Å². The molecule has 4 saturated carbocycles. The number of sulfonamides is 1.